The zero-order valence-electron chi connectivity index (χ0n) is 11.7. The van der Waals surface area contributed by atoms with E-state index in [0.29, 0.717) is 13.0 Å². The summed E-state index contributed by atoms with van der Waals surface area (Å²) in [5.41, 5.74) is -0.355. The zero-order chi connectivity index (χ0) is 13.8. The molecule has 0 spiro atoms. The smallest absolute Gasteiger partial charge is 0.328 e. The van der Waals surface area contributed by atoms with Crippen molar-refractivity contribution in [2.24, 2.45) is 0 Å². The van der Waals surface area contributed by atoms with Crippen molar-refractivity contribution in [3.8, 4) is 0 Å². The SMILES string of the molecule is COC(=O)[C@H]1CCCCN1C(=O)COC(C)(C)C. The quantitative estimate of drug-likeness (QED) is 0.716. The van der Waals surface area contributed by atoms with E-state index in [1.54, 1.807) is 4.90 Å². The maximum Gasteiger partial charge on any atom is 0.328 e. The number of amides is 1. The van der Waals surface area contributed by atoms with Crippen LogP contribution in [0.1, 0.15) is 40.0 Å². The Kier molecular flexibility index (Phi) is 5.14. The molecule has 0 aliphatic carbocycles. The van der Waals surface area contributed by atoms with E-state index in [2.05, 4.69) is 0 Å². The van der Waals surface area contributed by atoms with Crippen LogP contribution in [0, 0.1) is 0 Å². The Labute approximate surface area is 108 Å². The molecule has 1 atom stereocenters. The number of rotatable bonds is 3. The molecule has 1 heterocycles. The Morgan fingerprint density at radius 2 is 1.94 bits per heavy atom. The van der Waals surface area contributed by atoms with E-state index in [1.165, 1.54) is 7.11 Å². The van der Waals surface area contributed by atoms with Gasteiger partial charge in [-0.15, -0.1) is 0 Å². The lowest BCUT2D eigenvalue weighted by Crippen LogP contribution is -2.50. The first-order valence-electron chi connectivity index (χ1n) is 6.36. The lowest BCUT2D eigenvalue weighted by molar-refractivity contribution is -0.158. The fraction of sp³-hybridized carbons (Fsp3) is 0.846. The molecule has 1 rings (SSSR count). The Morgan fingerprint density at radius 1 is 1.28 bits per heavy atom. The molecule has 0 N–H and O–H groups in total. The lowest BCUT2D eigenvalue weighted by Gasteiger charge is -2.34. The topological polar surface area (TPSA) is 55.8 Å². The summed E-state index contributed by atoms with van der Waals surface area (Å²) in [5.74, 6) is -0.473. The number of carbonyl (C=O) groups excluding carboxylic acids is 2. The fourth-order valence-electron chi connectivity index (χ4n) is 1.97. The third-order valence-corrected chi connectivity index (χ3v) is 2.93. The number of hydrogen-bond acceptors (Lipinski definition) is 4. The van der Waals surface area contributed by atoms with E-state index in [9.17, 15) is 9.59 Å². The van der Waals surface area contributed by atoms with Crippen molar-refractivity contribution in [2.45, 2.75) is 51.7 Å². The number of methoxy groups -OCH3 is 1. The van der Waals surface area contributed by atoms with E-state index < -0.39 is 6.04 Å². The predicted molar refractivity (Wildman–Crippen MR) is 67.1 cm³/mol. The van der Waals surface area contributed by atoms with Gasteiger partial charge in [-0.2, -0.15) is 0 Å². The first-order valence-corrected chi connectivity index (χ1v) is 6.36. The van der Waals surface area contributed by atoms with E-state index in [0.717, 1.165) is 12.8 Å². The van der Waals surface area contributed by atoms with Gasteiger partial charge in [0.15, 0.2) is 0 Å². The van der Waals surface area contributed by atoms with Gasteiger partial charge in [0.1, 0.15) is 12.6 Å². The summed E-state index contributed by atoms with van der Waals surface area (Å²) in [5, 5.41) is 0. The van der Waals surface area contributed by atoms with Crippen molar-refractivity contribution in [1.29, 1.82) is 0 Å². The summed E-state index contributed by atoms with van der Waals surface area (Å²) < 4.78 is 10.2. The second kappa shape index (κ2) is 6.18. The number of carbonyl (C=O) groups is 2. The third-order valence-electron chi connectivity index (χ3n) is 2.93. The molecule has 1 saturated heterocycles. The van der Waals surface area contributed by atoms with Crippen LogP contribution in [0.25, 0.3) is 0 Å². The van der Waals surface area contributed by atoms with Crippen molar-refractivity contribution < 1.29 is 19.1 Å². The molecule has 1 amide bonds. The molecule has 18 heavy (non-hydrogen) atoms. The van der Waals surface area contributed by atoms with Gasteiger partial charge >= 0.3 is 5.97 Å². The van der Waals surface area contributed by atoms with Crippen LogP contribution in [0.3, 0.4) is 0 Å². The van der Waals surface area contributed by atoms with Gasteiger partial charge in [0.25, 0.3) is 0 Å². The molecular formula is C13H23NO4. The maximum absolute atomic E-state index is 12.1. The average Bonchev–Trinajstić information content (AvgIpc) is 2.34. The van der Waals surface area contributed by atoms with Crippen molar-refractivity contribution >= 4 is 11.9 Å². The number of piperidine rings is 1. The molecule has 0 aromatic rings. The molecule has 1 aliphatic heterocycles. The van der Waals surface area contributed by atoms with Crippen LogP contribution in [0.5, 0.6) is 0 Å². The molecule has 104 valence electrons. The molecular weight excluding hydrogens is 234 g/mol. The van der Waals surface area contributed by atoms with Crippen LogP contribution in [-0.4, -0.2) is 48.7 Å². The molecule has 0 bridgehead atoms. The average molecular weight is 257 g/mol. The highest BCUT2D eigenvalue weighted by Crippen LogP contribution is 2.19. The summed E-state index contributed by atoms with van der Waals surface area (Å²) in [6.07, 6.45) is 2.55. The second-order valence-electron chi connectivity index (χ2n) is 5.52. The molecule has 0 saturated carbocycles. The Bertz CT molecular complexity index is 309. The molecule has 5 nitrogen and oxygen atoms in total. The number of ether oxygens (including phenoxy) is 2. The predicted octanol–water partition coefficient (Wildman–Crippen LogP) is 1.36. The summed E-state index contributed by atoms with van der Waals surface area (Å²) >= 11 is 0. The maximum atomic E-state index is 12.1. The Balaban J connectivity index is 2.60. The van der Waals surface area contributed by atoms with Gasteiger partial charge < -0.3 is 14.4 Å². The molecule has 0 aromatic heterocycles. The van der Waals surface area contributed by atoms with E-state index in [4.69, 9.17) is 9.47 Å². The van der Waals surface area contributed by atoms with Crippen molar-refractivity contribution in [1.82, 2.24) is 4.90 Å². The van der Waals surface area contributed by atoms with Crippen LogP contribution < -0.4 is 0 Å². The van der Waals surface area contributed by atoms with Gasteiger partial charge in [0.05, 0.1) is 12.7 Å². The van der Waals surface area contributed by atoms with Crippen LogP contribution >= 0.6 is 0 Å². The molecule has 0 aromatic carbocycles. The van der Waals surface area contributed by atoms with Gasteiger partial charge in [-0.05, 0) is 40.0 Å². The zero-order valence-corrected chi connectivity index (χ0v) is 11.7. The van der Waals surface area contributed by atoms with Crippen LogP contribution in [-0.2, 0) is 19.1 Å². The van der Waals surface area contributed by atoms with Crippen LogP contribution in [0.4, 0.5) is 0 Å². The minimum absolute atomic E-state index is 0.0109. The number of hydrogen-bond donors (Lipinski definition) is 0. The lowest BCUT2D eigenvalue weighted by atomic mass is 10.0. The number of likely N-dealkylation sites (tertiary alicyclic amines) is 1. The summed E-state index contributed by atoms with van der Waals surface area (Å²) in [4.78, 5) is 25.3. The minimum atomic E-state index is -0.445. The Hall–Kier alpha value is -1.10. The van der Waals surface area contributed by atoms with Crippen LogP contribution in [0.2, 0.25) is 0 Å². The molecule has 0 unspecified atom stereocenters. The number of esters is 1. The van der Waals surface area contributed by atoms with Crippen molar-refractivity contribution in [2.75, 3.05) is 20.3 Å². The largest absolute Gasteiger partial charge is 0.467 e. The summed E-state index contributed by atoms with van der Waals surface area (Å²) in [6, 6.07) is -0.445. The van der Waals surface area contributed by atoms with Gasteiger partial charge in [0.2, 0.25) is 5.91 Å². The highest BCUT2D eigenvalue weighted by molar-refractivity contribution is 5.85. The van der Waals surface area contributed by atoms with Gasteiger partial charge in [-0.1, -0.05) is 0 Å². The first-order chi connectivity index (χ1) is 8.35. The van der Waals surface area contributed by atoms with Crippen molar-refractivity contribution in [3.63, 3.8) is 0 Å². The van der Waals surface area contributed by atoms with Gasteiger partial charge in [-0.3, -0.25) is 4.79 Å². The molecule has 1 fully saturated rings. The van der Waals surface area contributed by atoms with Crippen LogP contribution in [0.15, 0.2) is 0 Å². The monoisotopic (exact) mass is 257 g/mol. The molecule has 5 heteroatoms. The Morgan fingerprint density at radius 3 is 2.50 bits per heavy atom. The van der Waals surface area contributed by atoms with E-state index >= 15 is 0 Å². The highest BCUT2D eigenvalue weighted by atomic mass is 16.5. The van der Waals surface area contributed by atoms with E-state index in [-0.39, 0.29) is 24.1 Å². The minimum Gasteiger partial charge on any atom is -0.467 e. The first kappa shape index (κ1) is 15.0. The molecule has 1 aliphatic rings. The highest BCUT2D eigenvalue weighted by Gasteiger charge is 2.33. The standard InChI is InChI=1S/C13H23NO4/c1-13(2,3)18-9-11(15)14-8-6-5-7-10(14)12(16)17-4/h10H,5-9H2,1-4H3/t10-/m1/s1. The summed E-state index contributed by atoms with van der Waals surface area (Å²) in [7, 11) is 1.35. The molecule has 0 radical (unpaired) electrons. The second-order valence-corrected chi connectivity index (χ2v) is 5.52. The van der Waals surface area contributed by atoms with Gasteiger partial charge in [0, 0.05) is 6.54 Å². The summed E-state index contributed by atoms with van der Waals surface area (Å²) in [6.45, 7) is 6.31. The third kappa shape index (κ3) is 4.29. The van der Waals surface area contributed by atoms with E-state index in [1.807, 2.05) is 20.8 Å². The van der Waals surface area contributed by atoms with Crippen molar-refractivity contribution in [3.05, 3.63) is 0 Å². The van der Waals surface area contributed by atoms with Gasteiger partial charge in [-0.25, -0.2) is 4.79 Å². The normalized spacial score (nSPS) is 20.7. The fourth-order valence-corrected chi connectivity index (χ4v) is 1.97. The number of nitrogens with zero attached hydrogens (tertiary/aromatic N) is 1.